The summed E-state index contributed by atoms with van der Waals surface area (Å²) in [7, 11) is 0. The Balaban J connectivity index is 1.49. The van der Waals surface area contributed by atoms with Crippen molar-refractivity contribution in [3.63, 3.8) is 0 Å². The summed E-state index contributed by atoms with van der Waals surface area (Å²) >= 11 is 11.8. The maximum Gasteiger partial charge on any atom is 0.258 e. The van der Waals surface area contributed by atoms with Crippen LogP contribution in [0.5, 0.6) is 17.2 Å². The number of carbonyl (C=O) groups is 1. The van der Waals surface area contributed by atoms with Crippen LogP contribution in [0.2, 0.25) is 10.0 Å². The van der Waals surface area contributed by atoms with Crippen molar-refractivity contribution < 1.29 is 24.1 Å². The minimum Gasteiger partial charge on any atom is -0.486 e. The molecule has 0 aliphatic carbocycles. The van der Waals surface area contributed by atoms with E-state index in [1.54, 1.807) is 30.3 Å². The van der Waals surface area contributed by atoms with E-state index in [9.17, 15) is 9.90 Å². The van der Waals surface area contributed by atoms with E-state index in [0.717, 1.165) is 0 Å². The van der Waals surface area contributed by atoms with E-state index in [0.29, 0.717) is 46.1 Å². The summed E-state index contributed by atoms with van der Waals surface area (Å²) < 4.78 is 16.3. The number of rotatable bonds is 6. The van der Waals surface area contributed by atoms with Crippen molar-refractivity contribution in [1.82, 2.24) is 5.32 Å². The van der Waals surface area contributed by atoms with Gasteiger partial charge in [-0.2, -0.15) is 0 Å². The fraction of sp³-hybridized carbons (Fsp3) is 0.278. The number of aliphatic hydroxyl groups excluding tert-OH is 1. The number of aliphatic hydroxyl groups is 1. The van der Waals surface area contributed by atoms with Gasteiger partial charge in [-0.05, 0) is 35.9 Å². The number of amides is 1. The predicted octanol–water partition coefficient (Wildman–Crippen LogP) is 2.99. The molecular weight excluding hydrogens is 381 g/mol. The normalized spacial score (nSPS) is 13.8. The molecule has 0 bridgehead atoms. The molecule has 1 aliphatic heterocycles. The van der Waals surface area contributed by atoms with Crippen LogP contribution in [-0.2, 0) is 4.79 Å². The van der Waals surface area contributed by atoms with Gasteiger partial charge in [-0.1, -0.05) is 29.3 Å². The molecule has 0 unspecified atom stereocenters. The van der Waals surface area contributed by atoms with E-state index >= 15 is 0 Å². The van der Waals surface area contributed by atoms with Crippen LogP contribution in [0.3, 0.4) is 0 Å². The molecule has 0 fully saturated rings. The first-order valence-electron chi connectivity index (χ1n) is 7.95. The molecular formula is C18H17Cl2NO5. The summed E-state index contributed by atoms with van der Waals surface area (Å²) in [6, 6.07) is 9.90. The van der Waals surface area contributed by atoms with Crippen molar-refractivity contribution >= 4 is 29.1 Å². The zero-order chi connectivity index (χ0) is 18.5. The zero-order valence-electron chi connectivity index (χ0n) is 13.7. The lowest BCUT2D eigenvalue weighted by atomic mass is 10.1. The molecule has 2 aromatic carbocycles. The molecule has 1 atom stereocenters. The standard InChI is InChI=1S/C18H17Cl2NO5/c19-12-2-4-15(13(20)8-12)26-10-18(23)21-9-14(22)11-1-3-16-17(7-11)25-6-5-24-16/h1-4,7-8,14,22H,5-6,9-10H2,(H,21,23)/t14-/m1/s1. The Morgan fingerprint density at radius 1 is 1.15 bits per heavy atom. The van der Waals surface area contributed by atoms with Crippen LogP contribution in [0.15, 0.2) is 36.4 Å². The van der Waals surface area contributed by atoms with Gasteiger partial charge in [-0.25, -0.2) is 0 Å². The van der Waals surface area contributed by atoms with Crippen molar-refractivity contribution in [2.75, 3.05) is 26.4 Å². The van der Waals surface area contributed by atoms with Gasteiger partial charge in [0, 0.05) is 11.6 Å². The van der Waals surface area contributed by atoms with Gasteiger partial charge in [0.25, 0.3) is 5.91 Å². The lowest BCUT2D eigenvalue weighted by molar-refractivity contribution is -0.123. The van der Waals surface area contributed by atoms with Crippen LogP contribution >= 0.6 is 23.2 Å². The zero-order valence-corrected chi connectivity index (χ0v) is 15.2. The molecule has 0 aromatic heterocycles. The number of hydrogen-bond acceptors (Lipinski definition) is 5. The summed E-state index contributed by atoms with van der Waals surface area (Å²) in [4.78, 5) is 11.9. The number of hydrogen-bond donors (Lipinski definition) is 2. The molecule has 8 heteroatoms. The van der Waals surface area contributed by atoms with E-state index in [2.05, 4.69) is 5.32 Å². The van der Waals surface area contributed by atoms with Crippen LogP contribution in [0.1, 0.15) is 11.7 Å². The van der Waals surface area contributed by atoms with Gasteiger partial charge in [-0.3, -0.25) is 4.79 Å². The highest BCUT2D eigenvalue weighted by molar-refractivity contribution is 6.35. The topological polar surface area (TPSA) is 77.0 Å². The Bertz CT molecular complexity index is 799. The average molecular weight is 398 g/mol. The Kier molecular flexibility index (Phi) is 6.08. The maximum absolute atomic E-state index is 11.9. The molecule has 0 radical (unpaired) electrons. The van der Waals surface area contributed by atoms with Crippen molar-refractivity contribution in [2.24, 2.45) is 0 Å². The highest BCUT2D eigenvalue weighted by Gasteiger charge is 2.16. The molecule has 0 saturated heterocycles. The predicted molar refractivity (Wildman–Crippen MR) is 97.4 cm³/mol. The number of fused-ring (bicyclic) bond motifs is 1. The SMILES string of the molecule is O=C(COc1ccc(Cl)cc1Cl)NC[C@@H](O)c1ccc2c(c1)OCCO2. The van der Waals surface area contributed by atoms with Gasteiger partial charge < -0.3 is 24.6 Å². The summed E-state index contributed by atoms with van der Waals surface area (Å²) in [6.45, 7) is 0.780. The van der Waals surface area contributed by atoms with Gasteiger partial charge in [0.05, 0.1) is 11.1 Å². The first kappa shape index (κ1) is 18.6. The molecule has 1 heterocycles. The van der Waals surface area contributed by atoms with Crippen molar-refractivity contribution in [3.05, 3.63) is 52.0 Å². The minimum absolute atomic E-state index is 0.0379. The summed E-state index contributed by atoms with van der Waals surface area (Å²) in [5.74, 6) is 1.20. The largest absolute Gasteiger partial charge is 0.486 e. The first-order chi connectivity index (χ1) is 12.5. The third-order valence-corrected chi connectivity index (χ3v) is 4.23. The van der Waals surface area contributed by atoms with Crippen LogP contribution in [0.25, 0.3) is 0 Å². The van der Waals surface area contributed by atoms with Crippen LogP contribution < -0.4 is 19.5 Å². The second kappa shape index (κ2) is 8.49. The molecule has 6 nitrogen and oxygen atoms in total. The third-order valence-electron chi connectivity index (χ3n) is 3.70. The van der Waals surface area contributed by atoms with Crippen molar-refractivity contribution in [3.8, 4) is 17.2 Å². The Morgan fingerprint density at radius 3 is 2.69 bits per heavy atom. The lowest BCUT2D eigenvalue weighted by Gasteiger charge is -2.20. The summed E-state index contributed by atoms with van der Waals surface area (Å²) in [6.07, 6.45) is -0.881. The molecule has 1 aliphatic rings. The van der Waals surface area contributed by atoms with Crippen molar-refractivity contribution in [1.29, 1.82) is 0 Å². The highest BCUT2D eigenvalue weighted by Crippen LogP contribution is 2.32. The van der Waals surface area contributed by atoms with Gasteiger partial charge >= 0.3 is 0 Å². The molecule has 0 spiro atoms. The van der Waals surface area contributed by atoms with Crippen LogP contribution in [0, 0.1) is 0 Å². The second-order valence-corrected chi connectivity index (χ2v) is 6.43. The molecule has 1 amide bonds. The van der Waals surface area contributed by atoms with Gasteiger partial charge in [0.1, 0.15) is 19.0 Å². The van der Waals surface area contributed by atoms with Crippen molar-refractivity contribution in [2.45, 2.75) is 6.10 Å². The number of carbonyl (C=O) groups excluding carboxylic acids is 1. The van der Waals surface area contributed by atoms with Gasteiger partial charge in [-0.15, -0.1) is 0 Å². The fourth-order valence-electron chi connectivity index (χ4n) is 2.38. The maximum atomic E-state index is 11.9. The minimum atomic E-state index is -0.881. The molecule has 2 aromatic rings. The lowest BCUT2D eigenvalue weighted by Crippen LogP contribution is -2.32. The Labute approximate surface area is 160 Å². The third kappa shape index (κ3) is 4.72. The van der Waals surface area contributed by atoms with E-state index < -0.39 is 6.10 Å². The second-order valence-electron chi connectivity index (χ2n) is 5.59. The van der Waals surface area contributed by atoms with Gasteiger partial charge in [0.2, 0.25) is 0 Å². The van der Waals surface area contributed by atoms with E-state index in [1.165, 1.54) is 6.07 Å². The molecule has 3 rings (SSSR count). The number of benzene rings is 2. The monoisotopic (exact) mass is 397 g/mol. The number of halogens is 2. The highest BCUT2D eigenvalue weighted by atomic mass is 35.5. The van der Waals surface area contributed by atoms with E-state index in [-0.39, 0.29) is 19.1 Å². The Morgan fingerprint density at radius 2 is 1.92 bits per heavy atom. The smallest absolute Gasteiger partial charge is 0.258 e. The average Bonchev–Trinajstić information content (AvgIpc) is 2.65. The van der Waals surface area contributed by atoms with Gasteiger partial charge in [0.15, 0.2) is 18.1 Å². The fourth-order valence-corrected chi connectivity index (χ4v) is 2.85. The van der Waals surface area contributed by atoms with Crippen LogP contribution in [-0.4, -0.2) is 37.4 Å². The first-order valence-corrected chi connectivity index (χ1v) is 8.70. The quantitative estimate of drug-likeness (QED) is 0.783. The summed E-state index contributed by atoms with van der Waals surface area (Å²) in [5, 5.41) is 13.7. The molecule has 138 valence electrons. The van der Waals surface area contributed by atoms with Crippen LogP contribution in [0.4, 0.5) is 0 Å². The van der Waals surface area contributed by atoms with E-state index in [4.69, 9.17) is 37.4 Å². The van der Waals surface area contributed by atoms with E-state index in [1.807, 2.05) is 0 Å². The Hall–Kier alpha value is -2.15. The molecule has 0 saturated carbocycles. The summed E-state index contributed by atoms with van der Waals surface area (Å²) in [5.41, 5.74) is 0.621. The molecule has 26 heavy (non-hydrogen) atoms. The number of ether oxygens (including phenoxy) is 3. The molecule has 2 N–H and O–H groups in total. The number of nitrogens with one attached hydrogen (secondary N) is 1.